The Balaban J connectivity index is 2.42. The number of hydrogen-bond acceptors (Lipinski definition) is 0. The van der Waals surface area contributed by atoms with Crippen molar-refractivity contribution in [3.63, 3.8) is 0 Å². The predicted molar refractivity (Wildman–Crippen MR) is 122 cm³/mol. The van der Waals surface area contributed by atoms with Crippen LogP contribution < -0.4 is 21.1 Å². The molecule has 2 heteroatoms. The number of hydrogen-bond donors (Lipinski definition) is 0. The number of terminal acetylenes is 1. The average Bonchev–Trinajstić information content (AvgIpc) is 2.67. The van der Waals surface area contributed by atoms with Crippen LogP contribution in [-0.4, -0.2) is 14.2 Å². The molecular formula is C24H26PSi+. The van der Waals surface area contributed by atoms with E-state index >= 15 is 0 Å². The molecule has 0 saturated heterocycles. The molecule has 0 aliphatic heterocycles. The van der Waals surface area contributed by atoms with Gasteiger partial charge in [0.1, 0.15) is 29.3 Å². The minimum Gasteiger partial charge on any atom is -0.116 e. The summed E-state index contributed by atoms with van der Waals surface area (Å²) < 4.78 is 0. The number of benzene rings is 3. The largest absolute Gasteiger partial charge is 0.133 e. The van der Waals surface area contributed by atoms with Crippen molar-refractivity contribution in [3.05, 3.63) is 84.9 Å². The molecule has 130 valence electrons. The van der Waals surface area contributed by atoms with Gasteiger partial charge in [0.05, 0.1) is 8.07 Å². The van der Waals surface area contributed by atoms with E-state index < -0.39 is 15.3 Å². The molecule has 0 N–H and O–H groups in total. The van der Waals surface area contributed by atoms with Crippen molar-refractivity contribution < 1.29 is 0 Å². The smallest absolute Gasteiger partial charge is 0.116 e. The minimum atomic E-state index is -1.89. The summed E-state index contributed by atoms with van der Waals surface area (Å²) >= 11 is 0. The standard InChI is InChI=1S/C24H26PSi/c1-5-20-25(21-14-8-6-9-15-21,22-16-10-7-11-17-22)23-18-12-13-19-24(23)26(2,3)4/h1,6-19H,20H2,2-4H3/q+1. The van der Waals surface area contributed by atoms with E-state index in [2.05, 4.69) is 110 Å². The fraction of sp³-hybridized carbons (Fsp3) is 0.167. The van der Waals surface area contributed by atoms with Crippen molar-refractivity contribution in [3.8, 4) is 12.3 Å². The second kappa shape index (κ2) is 7.63. The van der Waals surface area contributed by atoms with Crippen molar-refractivity contribution in [1.29, 1.82) is 0 Å². The lowest BCUT2D eigenvalue weighted by atomic mass is 10.3. The molecule has 3 aromatic carbocycles. The van der Waals surface area contributed by atoms with Crippen LogP contribution in [0.25, 0.3) is 0 Å². The van der Waals surface area contributed by atoms with Crippen LogP contribution in [-0.2, 0) is 0 Å². The summed E-state index contributed by atoms with van der Waals surface area (Å²) in [5.74, 6) is 3.05. The Kier molecular flexibility index (Phi) is 5.47. The van der Waals surface area contributed by atoms with E-state index in [0.717, 1.165) is 6.16 Å². The van der Waals surface area contributed by atoms with Crippen LogP contribution >= 0.6 is 7.26 Å². The highest BCUT2D eigenvalue weighted by Crippen LogP contribution is 2.54. The first-order valence-corrected chi connectivity index (χ1v) is 14.5. The van der Waals surface area contributed by atoms with Gasteiger partial charge in [-0.25, -0.2) is 0 Å². The Morgan fingerprint density at radius 1 is 0.731 bits per heavy atom. The van der Waals surface area contributed by atoms with Crippen LogP contribution in [0.1, 0.15) is 0 Å². The molecule has 0 aromatic heterocycles. The van der Waals surface area contributed by atoms with Crippen LogP contribution in [0.3, 0.4) is 0 Å². The van der Waals surface area contributed by atoms with Crippen LogP contribution in [0.4, 0.5) is 0 Å². The van der Waals surface area contributed by atoms with E-state index in [9.17, 15) is 0 Å². The second-order valence-corrected chi connectivity index (χ2v) is 16.1. The Labute approximate surface area is 159 Å². The van der Waals surface area contributed by atoms with Gasteiger partial charge in [-0.05, 0) is 35.5 Å². The van der Waals surface area contributed by atoms with Crippen molar-refractivity contribution in [1.82, 2.24) is 0 Å². The summed E-state index contributed by atoms with van der Waals surface area (Å²) in [6, 6.07) is 30.8. The Hall–Kier alpha value is -2.13. The third-order valence-electron chi connectivity index (χ3n) is 4.85. The van der Waals surface area contributed by atoms with E-state index in [0.29, 0.717) is 0 Å². The summed E-state index contributed by atoms with van der Waals surface area (Å²) in [5, 5.41) is 5.73. The highest BCUT2D eigenvalue weighted by molar-refractivity contribution is 7.96. The van der Waals surface area contributed by atoms with Gasteiger partial charge in [0.2, 0.25) is 0 Å². The molecule has 0 unspecified atom stereocenters. The molecular weight excluding hydrogens is 347 g/mol. The molecule has 0 atom stereocenters. The molecule has 0 saturated carbocycles. The summed E-state index contributed by atoms with van der Waals surface area (Å²) in [5.41, 5.74) is 0. The highest BCUT2D eigenvalue weighted by Gasteiger charge is 2.47. The molecule has 3 aromatic rings. The summed E-state index contributed by atoms with van der Waals surface area (Å²) in [4.78, 5) is 0. The third kappa shape index (κ3) is 3.41. The molecule has 0 fully saturated rings. The normalized spacial score (nSPS) is 11.8. The SMILES string of the molecule is C#CC[P+](c1ccccc1)(c1ccccc1)c1ccccc1[Si](C)(C)C. The first-order chi connectivity index (χ1) is 12.5. The quantitative estimate of drug-likeness (QED) is 0.358. The van der Waals surface area contributed by atoms with Gasteiger partial charge >= 0.3 is 0 Å². The molecule has 0 radical (unpaired) electrons. The molecule has 0 spiro atoms. The van der Waals surface area contributed by atoms with Gasteiger partial charge in [-0.3, -0.25) is 0 Å². The monoisotopic (exact) mass is 373 g/mol. The predicted octanol–water partition coefficient (Wildman–Crippen LogP) is 4.16. The zero-order valence-electron chi connectivity index (χ0n) is 15.8. The fourth-order valence-corrected chi connectivity index (χ4v) is 10.5. The Bertz CT molecular complexity index is 863. The molecule has 0 bridgehead atoms. The van der Waals surface area contributed by atoms with Crippen molar-refractivity contribution in [2.24, 2.45) is 0 Å². The zero-order chi connectivity index (χ0) is 18.6. The van der Waals surface area contributed by atoms with Crippen molar-refractivity contribution in [2.75, 3.05) is 6.16 Å². The van der Waals surface area contributed by atoms with Crippen molar-refractivity contribution >= 4 is 36.4 Å². The van der Waals surface area contributed by atoms with Gasteiger partial charge in [0.15, 0.2) is 0 Å². The molecule has 26 heavy (non-hydrogen) atoms. The van der Waals surface area contributed by atoms with Gasteiger partial charge in [-0.2, -0.15) is 0 Å². The van der Waals surface area contributed by atoms with E-state index in [1.807, 2.05) is 0 Å². The van der Waals surface area contributed by atoms with Crippen LogP contribution in [0, 0.1) is 12.3 Å². The minimum absolute atomic E-state index is 0.753. The molecule has 0 aliphatic rings. The van der Waals surface area contributed by atoms with E-state index in [-0.39, 0.29) is 0 Å². The van der Waals surface area contributed by atoms with E-state index in [4.69, 9.17) is 6.42 Å². The van der Waals surface area contributed by atoms with Gasteiger partial charge in [-0.1, -0.05) is 80.2 Å². The van der Waals surface area contributed by atoms with Gasteiger partial charge in [0.25, 0.3) is 0 Å². The summed E-state index contributed by atoms with van der Waals surface area (Å²) in [6.07, 6.45) is 6.73. The lowest BCUT2D eigenvalue weighted by Crippen LogP contribution is -2.50. The maximum atomic E-state index is 5.97. The third-order valence-corrected chi connectivity index (χ3v) is 11.3. The van der Waals surface area contributed by atoms with Crippen molar-refractivity contribution in [2.45, 2.75) is 19.6 Å². The number of rotatable bonds is 5. The first-order valence-electron chi connectivity index (χ1n) is 9.03. The first kappa shape index (κ1) is 18.7. The maximum Gasteiger partial charge on any atom is 0.133 e. The lowest BCUT2D eigenvalue weighted by Gasteiger charge is -2.30. The van der Waals surface area contributed by atoms with Crippen LogP contribution in [0.15, 0.2) is 84.9 Å². The zero-order valence-corrected chi connectivity index (χ0v) is 17.7. The maximum absolute atomic E-state index is 5.97. The molecule has 0 amide bonds. The summed E-state index contributed by atoms with van der Waals surface area (Å²) in [7, 11) is -3.41. The average molecular weight is 374 g/mol. The lowest BCUT2D eigenvalue weighted by molar-refractivity contribution is 1.68. The molecule has 0 aliphatic carbocycles. The Morgan fingerprint density at radius 2 is 1.19 bits per heavy atom. The van der Waals surface area contributed by atoms with Gasteiger partial charge in [0, 0.05) is 0 Å². The summed E-state index contributed by atoms with van der Waals surface area (Å²) in [6.45, 7) is 7.27. The van der Waals surface area contributed by atoms with Crippen LogP contribution in [0.2, 0.25) is 19.6 Å². The molecule has 0 nitrogen and oxygen atoms in total. The second-order valence-electron chi connectivity index (χ2n) is 7.61. The van der Waals surface area contributed by atoms with Crippen LogP contribution in [0.5, 0.6) is 0 Å². The molecule has 3 rings (SSSR count). The highest BCUT2D eigenvalue weighted by atomic mass is 31.2. The van der Waals surface area contributed by atoms with Gasteiger partial charge < -0.3 is 0 Å². The topological polar surface area (TPSA) is 0 Å². The van der Waals surface area contributed by atoms with E-state index in [1.165, 1.54) is 21.1 Å². The van der Waals surface area contributed by atoms with E-state index in [1.54, 1.807) is 0 Å². The molecule has 0 heterocycles. The van der Waals surface area contributed by atoms with Gasteiger partial charge in [-0.15, -0.1) is 6.42 Å². The fourth-order valence-electron chi connectivity index (χ4n) is 3.64. The Morgan fingerprint density at radius 3 is 1.65 bits per heavy atom.